The Labute approximate surface area is 193 Å². The maximum Gasteiger partial charge on any atom is 0.226 e. The molecule has 2 aliphatic rings. The summed E-state index contributed by atoms with van der Waals surface area (Å²) in [6, 6.07) is 13.6. The minimum atomic E-state index is -0.318. The SMILES string of the molecule is COc1ccc(-c2nc3n(n2)C(c2ccc(C)cc2)C2=C(CC(C)(C)CC2=O)N3)cc1OC. The smallest absolute Gasteiger partial charge is 0.226 e. The predicted molar refractivity (Wildman–Crippen MR) is 127 cm³/mol. The number of rotatable bonds is 4. The van der Waals surface area contributed by atoms with Gasteiger partial charge in [-0.25, -0.2) is 4.68 Å². The van der Waals surface area contributed by atoms with Crippen LogP contribution in [0.25, 0.3) is 11.4 Å². The molecule has 1 N–H and O–H groups in total. The van der Waals surface area contributed by atoms with Crippen LogP contribution in [0.1, 0.15) is 43.9 Å². The number of aryl methyl sites for hydroxylation is 1. The van der Waals surface area contributed by atoms with Crippen molar-refractivity contribution in [3.8, 4) is 22.9 Å². The van der Waals surface area contributed by atoms with Gasteiger partial charge in [-0.15, -0.1) is 5.10 Å². The van der Waals surface area contributed by atoms with E-state index in [0.29, 0.717) is 29.7 Å². The Bertz CT molecular complexity index is 1270. The summed E-state index contributed by atoms with van der Waals surface area (Å²) >= 11 is 0. The fraction of sp³-hybridized carbons (Fsp3) is 0.346. The number of hydrogen-bond acceptors (Lipinski definition) is 6. The molecule has 2 heterocycles. The summed E-state index contributed by atoms with van der Waals surface area (Å²) in [5.74, 6) is 2.61. The first-order chi connectivity index (χ1) is 15.8. The molecule has 0 fully saturated rings. The van der Waals surface area contributed by atoms with Gasteiger partial charge in [-0.2, -0.15) is 4.98 Å². The molecule has 0 bridgehead atoms. The summed E-state index contributed by atoms with van der Waals surface area (Å²) in [6.07, 6.45) is 1.30. The first kappa shape index (κ1) is 21.2. The quantitative estimate of drug-likeness (QED) is 0.615. The van der Waals surface area contributed by atoms with Crippen molar-refractivity contribution in [2.24, 2.45) is 5.41 Å². The van der Waals surface area contributed by atoms with Crippen LogP contribution in [0.2, 0.25) is 0 Å². The second kappa shape index (κ2) is 7.76. The zero-order valence-corrected chi connectivity index (χ0v) is 19.6. The van der Waals surface area contributed by atoms with E-state index in [0.717, 1.165) is 28.8 Å². The molecule has 0 amide bonds. The summed E-state index contributed by atoms with van der Waals surface area (Å²) < 4.78 is 12.7. The number of carbonyl (C=O) groups excluding carboxylic acids is 1. The Morgan fingerprint density at radius 3 is 2.45 bits per heavy atom. The van der Waals surface area contributed by atoms with Gasteiger partial charge < -0.3 is 14.8 Å². The number of ketones is 1. The molecule has 1 unspecified atom stereocenters. The summed E-state index contributed by atoms with van der Waals surface area (Å²) in [5.41, 5.74) is 4.63. The number of Topliss-reactive ketones (excluding diaryl/α,β-unsaturated/α-hetero) is 1. The van der Waals surface area contributed by atoms with Crippen molar-refractivity contribution in [3.05, 3.63) is 64.9 Å². The van der Waals surface area contributed by atoms with E-state index in [2.05, 4.69) is 50.4 Å². The number of methoxy groups -OCH3 is 2. The van der Waals surface area contributed by atoms with Crippen LogP contribution in [0.4, 0.5) is 5.95 Å². The van der Waals surface area contributed by atoms with Crippen LogP contribution >= 0.6 is 0 Å². The van der Waals surface area contributed by atoms with Gasteiger partial charge in [0.05, 0.1) is 14.2 Å². The van der Waals surface area contributed by atoms with Gasteiger partial charge in [-0.1, -0.05) is 43.7 Å². The molecule has 7 nitrogen and oxygen atoms in total. The lowest BCUT2D eigenvalue weighted by atomic mass is 9.73. The third-order valence-corrected chi connectivity index (χ3v) is 6.37. The first-order valence-corrected chi connectivity index (χ1v) is 11.1. The largest absolute Gasteiger partial charge is 0.493 e. The van der Waals surface area contributed by atoms with Gasteiger partial charge in [-0.3, -0.25) is 4.79 Å². The fourth-order valence-electron chi connectivity index (χ4n) is 4.76. The molecule has 7 heteroatoms. The van der Waals surface area contributed by atoms with Crippen LogP contribution in [0.5, 0.6) is 11.5 Å². The Hall–Kier alpha value is -3.61. The van der Waals surface area contributed by atoms with Crippen molar-refractivity contribution in [2.75, 3.05) is 19.5 Å². The zero-order valence-electron chi connectivity index (χ0n) is 19.6. The number of ether oxygens (including phenoxy) is 2. The van der Waals surface area contributed by atoms with E-state index in [9.17, 15) is 4.79 Å². The number of hydrogen-bond donors (Lipinski definition) is 1. The van der Waals surface area contributed by atoms with Crippen molar-refractivity contribution in [1.29, 1.82) is 0 Å². The summed E-state index contributed by atoms with van der Waals surface area (Å²) in [4.78, 5) is 18.2. The number of aromatic nitrogens is 3. The monoisotopic (exact) mass is 444 g/mol. The van der Waals surface area contributed by atoms with Crippen LogP contribution in [-0.2, 0) is 4.79 Å². The summed E-state index contributed by atoms with van der Waals surface area (Å²) in [5, 5.41) is 8.28. The van der Waals surface area contributed by atoms with Crippen LogP contribution < -0.4 is 14.8 Å². The first-order valence-electron chi connectivity index (χ1n) is 11.1. The normalized spacial score (nSPS) is 18.9. The molecule has 0 saturated heterocycles. The molecule has 1 aromatic heterocycles. The molecule has 0 spiro atoms. The van der Waals surface area contributed by atoms with Crippen molar-refractivity contribution in [2.45, 2.75) is 39.7 Å². The number of allylic oxidation sites excluding steroid dienone is 2. The number of anilines is 1. The minimum absolute atomic E-state index is 0.102. The predicted octanol–water partition coefficient (Wildman–Crippen LogP) is 4.93. The lowest BCUT2D eigenvalue weighted by molar-refractivity contribution is -0.118. The highest BCUT2D eigenvalue weighted by molar-refractivity contribution is 6.00. The average molecular weight is 445 g/mol. The second-order valence-electron chi connectivity index (χ2n) is 9.54. The lowest BCUT2D eigenvalue weighted by Gasteiger charge is -2.38. The summed E-state index contributed by atoms with van der Waals surface area (Å²) in [7, 11) is 3.21. The standard InChI is InChI=1S/C26H28N4O3/c1-15-6-8-16(9-7-15)23-22-18(13-26(2,3)14-19(22)31)27-25-28-24(29-30(23)25)17-10-11-20(32-4)21(12-17)33-5/h6-12,23H,13-14H2,1-5H3,(H,27,28,29). The van der Waals surface area contributed by atoms with Crippen LogP contribution in [0.3, 0.4) is 0 Å². The molecule has 0 saturated carbocycles. The minimum Gasteiger partial charge on any atom is -0.493 e. The molecule has 1 atom stereocenters. The average Bonchev–Trinajstić information content (AvgIpc) is 3.20. The Morgan fingerprint density at radius 1 is 1.03 bits per heavy atom. The molecule has 0 radical (unpaired) electrons. The fourth-order valence-corrected chi connectivity index (χ4v) is 4.76. The second-order valence-corrected chi connectivity index (χ2v) is 9.54. The molecule has 170 valence electrons. The van der Waals surface area contributed by atoms with Crippen molar-refractivity contribution in [3.63, 3.8) is 0 Å². The van der Waals surface area contributed by atoms with Crippen molar-refractivity contribution >= 4 is 11.7 Å². The van der Waals surface area contributed by atoms with Crippen molar-refractivity contribution in [1.82, 2.24) is 14.8 Å². The Balaban J connectivity index is 1.65. The molecule has 1 aliphatic carbocycles. The molecule has 33 heavy (non-hydrogen) atoms. The number of benzene rings is 2. The highest BCUT2D eigenvalue weighted by Crippen LogP contribution is 2.46. The molecular weight excluding hydrogens is 416 g/mol. The van der Waals surface area contributed by atoms with Gasteiger partial charge in [0, 0.05) is 23.3 Å². The van der Waals surface area contributed by atoms with E-state index in [4.69, 9.17) is 19.6 Å². The van der Waals surface area contributed by atoms with Gasteiger partial charge >= 0.3 is 0 Å². The van der Waals surface area contributed by atoms with E-state index < -0.39 is 0 Å². The number of nitrogens with one attached hydrogen (secondary N) is 1. The molecule has 2 aromatic carbocycles. The molecule has 1 aliphatic heterocycles. The number of carbonyl (C=O) groups is 1. The third-order valence-electron chi connectivity index (χ3n) is 6.37. The maximum absolute atomic E-state index is 13.3. The van der Waals surface area contributed by atoms with E-state index in [1.54, 1.807) is 14.2 Å². The molecular formula is C26H28N4O3. The van der Waals surface area contributed by atoms with E-state index in [1.807, 2.05) is 22.9 Å². The maximum atomic E-state index is 13.3. The number of nitrogens with zero attached hydrogens (tertiary/aromatic N) is 3. The van der Waals surface area contributed by atoms with Crippen LogP contribution in [-0.4, -0.2) is 34.8 Å². The van der Waals surface area contributed by atoms with E-state index >= 15 is 0 Å². The Kier molecular flexibility index (Phi) is 5.00. The van der Waals surface area contributed by atoms with Gasteiger partial charge in [0.25, 0.3) is 0 Å². The topological polar surface area (TPSA) is 78.3 Å². The third kappa shape index (κ3) is 3.67. The van der Waals surface area contributed by atoms with E-state index in [1.165, 1.54) is 5.56 Å². The van der Waals surface area contributed by atoms with Gasteiger partial charge in [-0.05, 0) is 42.5 Å². The lowest BCUT2D eigenvalue weighted by Crippen LogP contribution is -2.36. The van der Waals surface area contributed by atoms with Crippen molar-refractivity contribution < 1.29 is 14.3 Å². The zero-order chi connectivity index (χ0) is 23.3. The highest BCUT2D eigenvalue weighted by Gasteiger charge is 2.41. The van der Waals surface area contributed by atoms with E-state index in [-0.39, 0.29) is 17.2 Å². The molecule has 3 aromatic rings. The van der Waals surface area contributed by atoms with Gasteiger partial charge in [0.1, 0.15) is 6.04 Å². The molecule has 5 rings (SSSR count). The van der Waals surface area contributed by atoms with Crippen LogP contribution in [0, 0.1) is 12.3 Å². The highest BCUT2D eigenvalue weighted by atomic mass is 16.5. The summed E-state index contributed by atoms with van der Waals surface area (Å²) in [6.45, 7) is 6.32. The Morgan fingerprint density at radius 2 is 1.76 bits per heavy atom. The van der Waals surface area contributed by atoms with Crippen LogP contribution in [0.15, 0.2) is 53.7 Å². The van der Waals surface area contributed by atoms with Gasteiger partial charge in [0.15, 0.2) is 23.1 Å². The van der Waals surface area contributed by atoms with Gasteiger partial charge in [0.2, 0.25) is 5.95 Å². The number of fused-ring (bicyclic) bond motifs is 1.